The molecule has 9 heteroatoms. The lowest BCUT2D eigenvalue weighted by Gasteiger charge is -2.32. The molecule has 0 unspecified atom stereocenters. The minimum absolute atomic E-state index is 0.0599. The molecule has 0 spiro atoms. The molecule has 35 heavy (non-hydrogen) atoms. The summed E-state index contributed by atoms with van der Waals surface area (Å²) in [6, 6.07) is 15.7. The van der Waals surface area contributed by atoms with Crippen LogP contribution in [0, 0.1) is 0 Å². The van der Waals surface area contributed by atoms with Crippen molar-refractivity contribution in [2.45, 2.75) is 31.9 Å². The molecule has 182 valence electrons. The van der Waals surface area contributed by atoms with Crippen molar-refractivity contribution in [3.63, 3.8) is 0 Å². The summed E-state index contributed by atoms with van der Waals surface area (Å²) in [5, 5.41) is 2.85. The molecule has 1 aliphatic heterocycles. The van der Waals surface area contributed by atoms with E-state index in [4.69, 9.17) is 10.5 Å². The number of alkyl halides is 2. The SMILES string of the molecule is NC(=O)c1cncc(OCc2cccc(NC(=O)c3ccc(CN4CCCC(F)(F)C4)cc3)c2)c1. The lowest BCUT2D eigenvalue weighted by Crippen LogP contribution is -2.41. The number of ether oxygens (including phenoxy) is 1. The van der Waals surface area contributed by atoms with Gasteiger partial charge in [0.1, 0.15) is 12.4 Å². The Bertz CT molecular complexity index is 1200. The number of halogens is 2. The first-order valence-corrected chi connectivity index (χ1v) is 11.2. The Morgan fingerprint density at radius 3 is 2.60 bits per heavy atom. The van der Waals surface area contributed by atoms with Gasteiger partial charge in [0, 0.05) is 30.4 Å². The lowest BCUT2D eigenvalue weighted by atomic mass is 10.1. The molecule has 2 aromatic carbocycles. The van der Waals surface area contributed by atoms with Crippen molar-refractivity contribution >= 4 is 17.5 Å². The number of hydrogen-bond acceptors (Lipinski definition) is 5. The van der Waals surface area contributed by atoms with Crippen LogP contribution in [0.1, 0.15) is 44.7 Å². The highest BCUT2D eigenvalue weighted by Crippen LogP contribution is 2.27. The topological polar surface area (TPSA) is 97.5 Å². The zero-order valence-electron chi connectivity index (χ0n) is 19.0. The van der Waals surface area contributed by atoms with Crippen molar-refractivity contribution in [2.75, 3.05) is 18.4 Å². The van der Waals surface area contributed by atoms with Crippen molar-refractivity contribution in [3.8, 4) is 5.75 Å². The van der Waals surface area contributed by atoms with Crippen LogP contribution in [0.3, 0.4) is 0 Å². The van der Waals surface area contributed by atoms with Gasteiger partial charge in [-0.15, -0.1) is 0 Å². The van der Waals surface area contributed by atoms with Gasteiger partial charge in [0.25, 0.3) is 11.8 Å². The Balaban J connectivity index is 1.33. The van der Waals surface area contributed by atoms with E-state index >= 15 is 0 Å². The number of nitrogens with one attached hydrogen (secondary N) is 1. The molecule has 1 fully saturated rings. The predicted molar refractivity (Wildman–Crippen MR) is 127 cm³/mol. The molecule has 1 aromatic heterocycles. The molecule has 3 aromatic rings. The maximum atomic E-state index is 13.6. The van der Waals surface area contributed by atoms with Gasteiger partial charge in [-0.05, 0) is 54.4 Å². The quantitative estimate of drug-likeness (QED) is 0.503. The first-order valence-electron chi connectivity index (χ1n) is 11.2. The van der Waals surface area contributed by atoms with Crippen molar-refractivity contribution in [2.24, 2.45) is 5.73 Å². The summed E-state index contributed by atoms with van der Waals surface area (Å²) in [4.78, 5) is 29.6. The number of piperidine rings is 1. The van der Waals surface area contributed by atoms with Crippen LogP contribution in [-0.4, -0.2) is 40.7 Å². The molecule has 1 aliphatic rings. The summed E-state index contributed by atoms with van der Waals surface area (Å²) in [5.41, 5.74) is 8.27. The van der Waals surface area contributed by atoms with Crippen LogP contribution in [0.5, 0.6) is 5.75 Å². The predicted octanol–water partition coefficient (Wildman–Crippen LogP) is 4.24. The van der Waals surface area contributed by atoms with E-state index in [1.54, 1.807) is 47.4 Å². The number of hydrogen-bond donors (Lipinski definition) is 2. The Morgan fingerprint density at radius 2 is 1.86 bits per heavy atom. The number of carbonyl (C=O) groups is 2. The van der Waals surface area contributed by atoms with Crippen LogP contribution in [0.4, 0.5) is 14.5 Å². The van der Waals surface area contributed by atoms with Crippen molar-refractivity contribution in [3.05, 3.63) is 89.2 Å². The minimum Gasteiger partial charge on any atom is -0.487 e. The fourth-order valence-corrected chi connectivity index (χ4v) is 3.94. The van der Waals surface area contributed by atoms with Gasteiger partial charge in [-0.2, -0.15) is 0 Å². The number of amides is 2. The average Bonchev–Trinajstić information content (AvgIpc) is 2.83. The van der Waals surface area contributed by atoms with E-state index in [1.807, 2.05) is 6.07 Å². The van der Waals surface area contributed by atoms with Gasteiger partial charge in [0.15, 0.2) is 0 Å². The third-order valence-electron chi connectivity index (χ3n) is 5.68. The van der Waals surface area contributed by atoms with Crippen LogP contribution in [0.25, 0.3) is 0 Å². The highest BCUT2D eigenvalue weighted by molar-refractivity contribution is 6.04. The van der Waals surface area contributed by atoms with Crippen molar-refractivity contribution in [1.82, 2.24) is 9.88 Å². The molecule has 3 N–H and O–H groups in total. The summed E-state index contributed by atoms with van der Waals surface area (Å²) in [5.74, 6) is -3.10. The van der Waals surface area contributed by atoms with Crippen molar-refractivity contribution in [1.29, 1.82) is 0 Å². The summed E-state index contributed by atoms with van der Waals surface area (Å²) in [7, 11) is 0. The zero-order chi connectivity index (χ0) is 24.8. The standard InChI is InChI=1S/C26H26F2N4O3/c27-26(28)9-2-10-32(17-26)15-18-5-7-20(8-6-18)25(34)31-22-4-1-3-19(11-22)16-35-23-12-21(24(29)33)13-30-14-23/h1,3-8,11-14H,2,9-10,15-17H2,(H2,29,33)(H,31,34). The third kappa shape index (κ3) is 6.83. The van der Waals surface area contributed by atoms with Gasteiger partial charge in [-0.1, -0.05) is 24.3 Å². The fraction of sp³-hybridized carbons (Fsp3) is 0.269. The Hall–Kier alpha value is -3.85. The lowest BCUT2D eigenvalue weighted by molar-refractivity contribution is -0.0661. The fourth-order valence-electron chi connectivity index (χ4n) is 3.94. The zero-order valence-corrected chi connectivity index (χ0v) is 19.0. The van der Waals surface area contributed by atoms with E-state index in [0.717, 1.165) is 11.1 Å². The summed E-state index contributed by atoms with van der Waals surface area (Å²) >= 11 is 0. The molecule has 0 bridgehead atoms. The molecular formula is C26H26F2N4O3. The van der Waals surface area contributed by atoms with Gasteiger partial charge >= 0.3 is 0 Å². The Labute approximate surface area is 201 Å². The number of nitrogens with two attached hydrogens (primary N) is 1. The summed E-state index contributed by atoms with van der Waals surface area (Å²) < 4.78 is 32.9. The molecule has 7 nitrogen and oxygen atoms in total. The second kappa shape index (κ2) is 10.6. The highest BCUT2D eigenvalue weighted by atomic mass is 19.3. The number of primary amides is 1. The number of benzene rings is 2. The largest absolute Gasteiger partial charge is 0.487 e. The molecular weight excluding hydrogens is 454 g/mol. The van der Waals surface area contributed by atoms with Crippen LogP contribution in [-0.2, 0) is 13.2 Å². The highest BCUT2D eigenvalue weighted by Gasteiger charge is 2.34. The third-order valence-corrected chi connectivity index (χ3v) is 5.68. The molecule has 0 atom stereocenters. The molecule has 1 saturated heterocycles. The van der Waals surface area contributed by atoms with Crippen LogP contribution < -0.4 is 15.8 Å². The minimum atomic E-state index is -2.64. The van der Waals surface area contributed by atoms with Crippen molar-refractivity contribution < 1.29 is 23.1 Å². The number of anilines is 1. The van der Waals surface area contributed by atoms with Crippen LogP contribution >= 0.6 is 0 Å². The number of nitrogens with zero attached hydrogens (tertiary/aromatic N) is 2. The molecule has 4 rings (SSSR count). The second-order valence-corrected chi connectivity index (χ2v) is 8.58. The number of aromatic nitrogens is 1. The van der Waals surface area contributed by atoms with E-state index < -0.39 is 11.8 Å². The first-order chi connectivity index (χ1) is 16.8. The van der Waals surface area contributed by atoms with Gasteiger partial charge in [-0.3, -0.25) is 19.5 Å². The number of pyridine rings is 1. The van der Waals surface area contributed by atoms with E-state index in [9.17, 15) is 18.4 Å². The Kier molecular flexibility index (Phi) is 7.36. The summed E-state index contributed by atoms with van der Waals surface area (Å²) in [6.45, 7) is 1.04. The van der Waals surface area contributed by atoms with E-state index in [2.05, 4.69) is 10.3 Å². The monoisotopic (exact) mass is 480 g/mol. The number of rotatable bonds is 8. The van der Waals surface area contributed by atoms with E-state index in [0.29, 0.717) is 36.5 Å². The smallest absolute Gasteiger partial charge is 0.260 e. The first kappa shape index (κ1) is 24.3. The molecule has 0 radical (unpaired) electrons. The number of carbonyl (C=O) groups excluding carboxylic acids is 2. The molecule has 2 heterocycles. The molecule has 0 saturated carbocycles. The van der Waals surface area contributed by atoms with Crippen LogP contribution in [0.2, 0.25) is 0 Å². The average molecular weight is 481 g/mol. The van der Waals surface area contributed by atoms with E-state index in [1.165, 1.54) is 18.5 Å². The van der Waals surface area contributed by atoms with Gasteiger partial charge < -0.3 is 15.8 Å². The number of likely N-dealkylation sites (tertiary alicyclic amines) is 1. The second-order valence-electron chi connectivity index (χ2n) is 8.58. The molecule has 2 amide bonds. The summed E-state index contributed by atoms with van der Waals surface area (Å²) in [6.07, 6.45) is 3.27. The maximum absolute atomic E-state index is 13.6. The maximum Gasteiger partial charge on any atom is 0.260 e. The van der Waals surface area contributed by atoms with Gasteiger partial charge in [0.05, 0.1) is 18.3 Å². The van der Waals surface area contributed by atoms with Gasteiger partial charge in [-0.25, -0.2) is 8.78 Å². The normalized spacial score (nSPS) is 15.4. The van der Waals surface area contributed by atoms with Crippen LogP contribution in [0.15, 0.2) is 67.0 Å². The molecule has 0 aliphatic carbocycles. The van der Waals surface area contributed by atoms with E-state index in [-0.39, 0.29) is 31.0 Å². The van der Waals surface area contributed by atoms with Gasteiger partial charge in [0.2, 0.25) is 5.91 Å². The Morgan fingerprint density at radius 1 is 1.06 bits per heavy atom.